The van der Waals surface area contributed by atoms with E-state index in [0.717, 1.165) is 10.9 Å². The Labute approximate surface area is 52.5 Å². The van der Waals surface area contributed by atoms with Crippen LogP contribution >= 0.6 is 0 Å². The molecule has 1 radical (unpaired) electrons. The molecule has 0 aliphatic carbocycles. The van der Waals surface area contributed by atoms with Gasteiger partial charge in [0.15, 0.2) is 0 Å². The average Bonchev–Trinajstić information content (AvgIpc) is 2.33. The van der Waals surface area contributed by atoms with Gasteiger partial charge in [0.05, 0.1) is 5.52 Å². The maximum absolute atomic E-state index is 3.83. The minimum Gasteiger partial charge on any atom is -0.359 e. The van der Waals surface area contributed by atoms with Gasteiger partial charge in [-0.05, 0) is 12.1 Å². The van der Waals surface area contributed by atoms with E-state index in [1.807, 2.05) is 18.3 Å². The number of aromatic nitrogens is 2. The molecule has 2 heteroatoms. The van der Waals surface area contributed by atoms with Gasteiger partial charge < -0.3 is 4.98 Å². The molecule has 0 aliphatic rings. The van der Waals surface area contributed by atoms with Gasteiger partial charge in [-0.25, -0.2) is 0 Å². The van der Waals surface area contributed by atoms with Crippen LogP contribution in [0.4, 0.5) is 0 Å². The summed E-state index contributed by atoms with van der Waals surface area (Å²) in [5, 5.41) is 1.16. The summed E-state index contributed by atoms with van der Waals surface area (Å²) in [6.45, 7) is 0. The van der Waals surface area contributed by atoms with E-state index in [2.05, 4.69) is 16.2 Å². The van der Waals surface area contributed by atoms with Crippen molar-refractivity contribution in [2.24, 2.45) is 0 Å². The molecule has 0 bridgehead atoms. The molecule has 0 aliphatic heterocycles. The molecular weight excluding hydrogens is 112 g/mol. The lowest BCUT2D eigenvalue weighted by Crippen LogP contribution is -1.69. The van der Waals surface area contributed by atoms with Crippen LogP contribution in [0.5, 0.6) is 0 Å². The van der Waals surface area contributed by atoms with Crippen molar-refractivity contribution in [3.05, 3.63) is 30.7 Å². The Morgan fingerprint density at radius 2 is 2.44 bits per heavy atom. The minimum atomic E-state index is 0.970. The van der Waals surface area contributed by atoms with Crippen molar-refractivity contribution >= 4 is 10.9 Å². The first-order valence-electron chi connectivity index (χ1n) is 2.76. The van der Waals surface area contributed by atoms with E-state index in [9.17, 15) is 0 Å². The van der Waals surface area contributed by atoms with Gasteiger partial charge in [-0.3, -0.25) is 4.98 Å². The predicted octanol–water partition coefficient (Wildman–Crippen LogP) is 1.36. The molecule has 9 heavy (non-hydrogen) atoms. The van der Waals surface area contributed by atoms with Crippen molar-refractivity contribution in [3.8, 4) is 0 Å². The van der Waals surface area contributed by atoms with Gasteiger partial charge in [0.25, 0.3) is 0 Å². The Morgan fingerprint density at radius 1 is 1.44 bits per heavy atom. The van der Waals surface area contributed by atoms with Crippen LogP contribution in [0, 0.1) is 6.20 Å². The largest absolute Gasteiger partial charge is 0.359 e. The van der Waals surface area contributed by atoms with E-state index in [-0.39, 0.29) is 0 Å². The second-order valence-electron chi connectivity index (χ2n) is 1.86. The van der Waals surface area contributed by atoms with Crippen LogP contribution in [0.2, 0.25) is 0 Å². The second-order valence-corrected chi connectivity index (χ2v) is 1.86. The van der Waals surface area contributed by atoms with E-state index >= 15 is 0 Å². The van der Waals surface area contributed by atoms with E-state index in [1.165, 1.54) is 0 Å². The first-order chi connectivity index (χ1) is 4.47. The molecule has 0 amide bonds. The van der Waals surface area contributed by atoms with E-state index in [4.69, 9.17) is 0 Å². The summed E-state index contributed by atoms with van der Waals surface area (Å²) in [6, 6.07) is 3.94. The van der Waals surface area contributed by atoms with Crippen molar-refractivity contribution in [2.75, 3.05) is 0 Å². The molecule has 0 aromatic carbocycles. The van der Waals surface area contributed by atoms with Crippen molar-refractivity contribution in [2.45, 2.75) is 0 Å². The van der Waals surface area contributed by atoms with E-state index in [1.54, 1.807) is 6.20 Å². The molecule has 0 spiro atoms. The summed E-state index contributed by atoms with van der Waals surface area (Å²) < 4.78 is 0. The van der Waals surface area contributed by atoms with Crippen LogP contribution < -0.4 is 0 Å². The maximum Gasteiger partial charge on any atom is 0.115 e. The van der Waals surface area contributed by atoms with Crippen LogP contribution in [0.25, 0.3) is 10.9 Å². The highest BCUT2D eigenvalue weighted by molar-refractivity contribution is 5.77. The predicted molar refractivity (Wildman–Crippen MR) is 34.9 cm³/mol. The highest BCUT2D eigenvalue weighted by atomic mass is 14.7. The zero-order valence-electron chi connectivity index (χ0n) is 4.76. The Kier molecular flexibility index (Phi) is 0.803. The molecule has 2 aromatic heterocycles. The fourth-order valence-corrected chi connectivity index (χ4v) is 0.837. The van der Waals surface area contributed by atoms with Crippen LogP contribution in [0.3, 0.4) is 0 Å². The number of hydrogen-bond acceptors (Lipinski definition) is 1. The van der Waals surface area contributed by atoms with Gasteiger partial charge in [0.1, 0.15) is 6.20 Å². The summed E-state index contributed by atoms with van der Waals surface area (Å²) in [5.74, 6) is 0. The van der Waals surface area contributed by atoms with Crippen LogP contribution in [0.15, 0.2) is 24.5 Å². The van der Waals surface area contributed by atoms with Gasteiger partial charge in [-0.15, -0.1) is 0 Å². The smallest absolute Gasteiger partial charge is 0.115 e. The standard InChI is InChI=1S/C7H5N2/c1-3-8-5-7-6(1)2-4-9-7/h1-4,9H. The summed E-state index contributed by atoms with van der Waals surface area (Å²) in [5.41, 5.74) is 0.970. The minimum absolute atomic E-state index is 0.970. The highest BCUT2D eigenvalue weighted by Crippen LogP contribution is 2.06. The number of fused-ring (bicyclic) bond motifs is 1. The van der Waals surface area contributed by atoms with Gasteiger partial charge in [-0.2, -0.15) is 0 Å². The molecule has 0 saturated heterocycles. The van der Waals surface area contributed by atoms with Crippen LogP contribution in [0.1, 0.15) is 0 Å². The molecule has 1 N–H and O–H groups in total. The lowest BCUT2D eigenvalue weighted by molar-refractivity contribution is 1.32. The van der Waals surface area contributed by atoms with Crippen LogP contribution in [-0.2, 0) is 0 Å². The monoisotopic (exact) mass is 117 g/mol. The number of H-pyrrole nitrogens is 1. The number of nitrogens with one attached hydrogen (secondary N) is 1. The SMILES string of the molecule is [c]1nccc2cc[nH]c12. The van der Waals surface area contributed by atoms with Gasteiger partial charge >= 0.3 is 0 Å². The summed E-state index contributed by atoms with van der Waals surface area (Å²) in [7, 11) is 0. The quantitative estimate of drug-likeness (QED) is 0.554. The van der Waals surface area contributed by atoms with Gasteiger partial charge in [-0.1, -0.05) is 0 Å². The zero-order chi connectivity index (χ0) is 6.10. The fourth-order valence-electron chi connectivity index (χ4n) is 0.837. The molecule has 0 fully saturated rings. The molecule has 43 valence electrons. The van der Waals surface area contributed by atoms with Gasteiger partial charge in [0.2, 0.25) is 0 Å². The molecule has 0 saturated carbocycles. The Balaban J connectivity index is 2.95. The third-order valence-corrected chi connectivity index (χ3v) is 1.28. The Bertz CT molecular complexity index is 281. The zero-order valence-corrected chi connectivity index (χ0v) is 4.76. The number of rotatable bonds is 0. The molecule has 2 aromatic rings. The van der Waals surface area contributed by atoms with Gasteiger partial charge in [0, 0.05) is 17.8 Å². The first kappa shape index (κ1) is 4.56. The summed E-state index contributed by atoms with van der Waals surface area (Å²) in [4.78, 5) is 6.83. The number of nitrogens with zero attached hydrogens (tertiary/aromatic N) is 1. The second kappa shape index (κ2) is 1.58. The summed E-state index contributed by atoms with van der Waals surface area (Å²) >= 11 is 0. The van der Waals surface area contributed by atoms with E-state index < -0.39 is 0 Å². The molecule has 0 atom stereocenters. The number of hydrogen-bond donors (Lipinski definition) is 1. The fraction of sp³-hybridized carbons (Fsp3) is 0. The molecule has 2 nitrogen and oxygen atoms in total. The third-order valence-electron chi connectivity index (χ3n) is 1.28. The Hall–Kier alpha value is -1.31. The molecular formula is C7H5N2. The summed E-state index contributed by atoms with van der Waals surface area (Å²) in [6.07, 6.45) is 6.44. The molecule has 2 rings (SSSR count). The van der Waals surface area contributed by atoms with Crippen molar-refractivity contribution in [1.82, 2.24) is 9.97 Å². The lowest BCUT2D eigenvalue weighted by Gasteiger charge is -1.81. The topological polar surface area (TPSA) is 28.7 Å². The maximum atomic E-state index is 3.83. The number of pyridine rings is 1. The average molecular weight is 117 g/mol. The highest BCUT2D eigenvalue weighted by Gasteiger charge is 1.88. The first-order valence-corrected chi connectivity index (χ1v) is 2.76. The van der Waals surface area contributed by atoms with E-state index in [0.29, 0.717) is 0 Å². The molecule has 2 heterocycles. The normalized spacial score (nSPS) is 10.2. The van der Waals surface area contributed by atoms with Crippen molar-refractivity contribution in [1.29, 1.82) is 0 Å². The molecule has 0 unspecified atom stereocenters. The van der Waals surface area contributed by atoms with Crippen LogP contribution in [-0.4, -0.2) is 9.97 Å². The van der Waals surface area contributed by atoms with Crippen molar-refractivity contribution in [3.63, 3.8) is 0 Å². The Morgan fingerprint density at radius 3 is 3.33 bits per heavy atom. The number of aromatic amines is 1. The lowest BCUT2D eigenvalue weighted by atomic mass is 10.3. The third kappa shape index (κ3) is 0.598. The van der Waals surface area contributed by atoms with Crippen molar-refractivity contribution < 1.29 is 0 Å².